The van der Waals surface area contributed by atoms with Crippen molar-refractivity contribution >= 4 is 21.4 Å². The zero-order valence-corrected chi connectivity index (χ0v) is 13.9. The molecule has 3 aromatic rings. The zero-order valence-electron chi connectivity index (χ0n) is 12.3. The molecule has 0 unspecified atom stereocenters. The summed E-state index contributed by atoms with van der Waals surface area (Å²) in [6, 6.07) is 14.8. The first-order valence-corrected chi connectivity index (χ1v) is 9.20. The van der Waals surface area contributed by atoms with Crippen molar-refractivity contribution in [1.82, 2.24) is 9.78 Å². The number of nitrogens with zero attached hydrogens (tertiary/aromatic N) is 2. The van der Waals surface area contributed by atoms with Gasteiger partial charge in [-0.15, -0.1) is 0 Å². The first-order valence-electron chi connectivity index (χ1n) is 7.17. The van der Waals surface area contributed by atoms with Gasteiger partial charge in [-0.05, 0) is 30.3 Å². The van der Waals surface area contributed by atoms with Crippen molar-refractivity contribution < 1.29 is 8.42 Å². The number of rotatable bonds is 1. The number of hydrogen-bond donors (Lipinski definition) is 0. The SMILES string of the molecule is O=c1cc2c(nn1-c1ccc(Cl)cc1)-c1ccccc1S(=O)(=O)C2. The van der Waals surface area contributed by atoms with Crippen LogP contribution in [0.1, 0.15) is 5.56 Å². The van der Waals surface area contributed by atoms with E-state index in [9.17, 15) is 13.2 Å². The summed E-state index contributed by atoms with van der Waals surface area (Å²) in [4.78, 5) is 12.6. The monoisotopic (exact) mass is 358 g/mol. The molecule has 2 heterocycles. The van der Waals surface area contributed by atoms with Gasteiger partial charge in [0.15, 0.2) is 9.84 Å². The molecule has 0 radical (unpaired) electrons. The third-order valence-electron chi connectivity index (χ3n) is 3.90. The predicted octanol–water partition coefficient (Wildman–Crippen LogP) is 2.84. The van der Waals surface area contributed by atoms with Crippen molar-refractivity contribution in [1.29, 1.82) is 0 Å². The second-order valence-electron chi connectivity index (χ2n) is 5.50. The first kappa shape index (κ1) is 15.1. The quantitative estimate of drug-likeness (QED) is 0.670. The number of benzene rings is 2. The third-order valence-corrected chi connectivity index (χ3v) is 5.87. The molecule has 1 aliphatic rings. The second-order valence-corrected chi connectivity index (χ2v) is 7.89. The smallest absolute Gasteiger partial charge is 0.267 e. The van der Waals surface area contributed by atoms with Crippen molar-refractivity contribution in [2.75, 3.05) is 0 Å². The number of hydrogen-bond acceptors (Lipinski definition) is 4. The molecule has 0 saturated carbocycles. The van der Waals surface area contributed by atoms with Crippen molar-refractivity contribution in [3.8, 4) is 16.9 Å². The highest BCUT2D eigenvalue weighted by Gasteiger charge is 2.29. The van der Waals surface area contributed by atoms with E-state index in [1.54, 1.807) is 48.5 Å². The van der Waals surface area contributed by atoms with Gasteiger partial charge in [0.2, 0.25) is 0 Å². The van der Waals surface area contributed by atoms with Crippen LogP contribution < -0.4 is 5.56 Å². The van der Waals surface area contributed by atoms with Crippen LogP contribution in [0.5, 0.6) is 0 Å². The highest BCUT2D eigenvalue weighted by molar-refractivity contribution is 7.90. The van der Waals surface area contributed by atoms with Crippen molar-refractivity contribution in [2.45, 2.75) is 10.6 Å². The lowest BCUT2D eigenvalue weighted by Gasteiger charge is -2.19. The fourth-order valence-electron chi connectivity index (χ4n) is 2.81. The Labute approximate surface area is 143 Å². The maximum absolute atomic E-state index is 12.4. The summed E-state index contributed by atoms with van der Waals surface area (Å²) in [7, 11) is -3.46. The van der Waals surface area contributed by atoms with Crippen LogP contribution in [-0.2, 0) is 15.6 Å². The Bertz CT molecular complexity index is 1120. The summed E-state index contributed by atoms with van der Waals surface area (Å²) in [6.45, 7) is 0. The van der Waals surface area contributed by atoms with Crippen LogP contribution >= 0.6 is 11.6 Å². The lowest BCUT2D eigenvalue weighted by molar-refractivity contribution is 0.594. The van der Waals surface area contributed by atoms with Crippen LogP contribution in [0.3, 0.4) is 0 Å². The van der Waals surface area contributed by atoms with Gasteiger partial charge < -0.3 is 0 Å². The van der Waals surface area contributed by atoms with Crippen LogP contribution in [0.15, 0.2) is 64.3 Å². The Morgan fingerprint density at radius 2 is 1.75 bits per heavy atom. The summed E-state index contributed by atoms with van der Waals surface area (Å²) in [5.74, 6) is -0.219. The largest absolute Gasteiger partial charge is 0.271 e. The minimum atomic E-state index is -3.46. The highest BCUT2D eigenvalue weighted by atomic mass is 35.5. The van der Waals surface area contributed by atoms with E-state index in [0.717, 1.165) is 0 Å². The van der Waals surface area contributed by atoms with E-state index < -0.39 is 9.84 Å². The molecular weight excluding hydrogens is 348 g/mol. The maximum Gasteiger partial charge on any atom is 0.271 e. The summed E-state index contributed by atoms with van der Waals surface area (Å²) in [5, 5.41) is 4.97. The Morgan fingerprint density at radius 3 is 2.50 bits per heavy atom. The molecular formula is C17H11ClN2O3S. The molecule has 120 valence electrons. The molecule has 2 aromatic carbocycles. The third kappa shape index (κ3) is 2.35. The predicted molar refractivity (Wildman–Crippen MR) is 91.2 cm³/mol. The lowest BCUT2D eigenvalue weighted by atomic mass is 10.1. The van der Waals surface area contributed by atoms with Crippen LogP contribution in [0.25, 0.3) is 16.9 Å². The van der Waals surface area contributed by atoms with Crippen molar-refractivity contribution in [3.63, 3.8) is 0 Å². The van der Waals surface area contributed by atoms with Gasteiger partial charge >= 0.3 is 0 Å². The van der Waals surface area contributed by atoms with Crippen LogP contribution in [0, 0.1) is 0 Å². The van der Waals surface area contributed by atoms with E-state index in [4.69, 9.17) is 11.6 Å². The van der Waals surface area contributed by atoms with Gasteiger partial charge in [-0.3, -0.25) is 4.79 Å². The van der Waals surface area contributed by atoms with Gasteiger partial charge in [-0.2, -0.15) is 9.78 Å². The van der Waals surface area contributed by atoms with E-state index in [2.05, 4.69) is 5.10 Å². The fourth-order valence-corrected chi connectivity index (χ4v) is 4.51. The lowest BCUT2D eigenvalue weighted by Crippen LogP contribution is -2.25. The topological polar surface area (TPSA) is 69.0 Å². The summed E-state index contributed by atoms with van der Waals surface area (Å²) in [5.41, 5.74) is 1.63. The summed E-state index contributed by atoms with van der Waals surface area (Å²) < 4.78 is 26.0. The highest BCUT2D eigenvalue weighted by Crippen LogP contribution is 2.35. The van der Waals surface area contributed by atoms with E-state index in [1.807, 2.05) is 0 Å². The minimum absolute atomic E-state index is 0.219. The van der Waals surface area contributed by atoms with E-state index in [1.165, 1.54) is 10.7 Å². The summed E-state index contributed by atoms with van der Waals surface area (Å²) in [6.07, 6.45) is 0. The van der Waals surface area contributed by atoms with Gasteiger partial charge in [0.05, 0.1) is 22.0 Å². The molecule has 5 nitrogen and oxygen atoms in total. The zero-order chi connectivity index (χ0) is 16.9. The normalized spacial score (nSPS) is 14.7. The maximum atomic E-state index is 12.4. The van der Waals surface area contributed by atoms with Crippen LogP contribution in [-0.4, -0.2) is 18.2 Å². The fraction of sp³-hybridized carbons (Fsp3) is 0.0588. The molecule has 0 spiro atoms. The Morgan fingerprint density at radius 1 is 1.04 bits per heavy atom. The molecule has 0 amide bonds. The summed E-state index contributed by atoms with van der Waals surface area (Å²) >= 11 is 5.88. The van der Waals surface area contributed by atoms with Gasteiger partial charge in [-0.1, -0.05) is 29.8 Å². The van der Waals surface area contributed by atoms with E-state index in [0.29, 0.717) is 27.5 Å². The average Bonchev–Trinajstić information content (AvgIpc) is 2.55. The number of halogens is 1. The van der Waals surface area contributed by atoms with Crippen molar-refractivity contribution in [2.24, 2.45) is 0 Å². The first-order chi connectivity index (χ1) is 11.5. The molecule has 0 bridgehead atoms. The number of fused-ring (bicyclic) bond motifs is 3. The van der Waals surface area contributed by atoms with Gasteiger partial charge in [-0.25, -0.2) is 8.42 Å². The Hall–Kier alpha value is -2.44. The van der Waals surface area contributed by atoms with Crippen LogP contribution in [0.4, 0.5) is 0 Å². The number of sulfone groups is 1. The Kier molecular flexibility index (Phi) is 3.33. The molecule has 0 fully saturated rings. The van der Waals surface area contributed by atoms with E-state index in [-0.39, 0.29) is 16.2 Å². The average molecular weight is 359 g/mol. The van der Waals surface area contributed by atoms with E-state index >= 15 is 0 Å². The second kappa shape index (κ2) is 5.29. The standard InChI is InChI=1S/C17H11ClN2O3S/c18-12-5-7-13(8-6-12)20-16(21)9-11-10-24(22,23)15-4-2-1-3-14(15)17(11)19-20/h1-9H,10H2. The Balaban J connectivity index is 2.00. The van der Waals surface area contributed by atoms with Crippen LogP contribution in [0.2, 0.25) is 5.02 Å². The van der Waals surface area contributed by atoms with Gasteiger partial charge in [0.1, 0.15) is 0 Å². The molecule has 0 aliphatic carbocycles. The van der Waals surface area contributed by atoms with Crippen molar-refractivity contribution in [3.05, 3.63) is 75.5 Å². The molecule has 1 aliphatic heterocycles. The van der Waals surface area contributed by atoms with Gasteiger partial charge in [0.25, 0.3) is 5.56 Å². The van der Waals surface area contributed by atoms with Gasteiger partial charge in [0, 0.05) is 22.2 Å². The molecule has 1 aromatic heterocycles. The molecule has 7 heteroatoms. The molecule has 24 heavy (non-hydrogen) atoms. The minimum Gasteiger partial charge on any atom is -0.267 e. The molecule has 4 rings (SSSR count). The molecule has 0 saturated heterocycles. The number of aromatic nitrogens is 2. The molecule has 0 atom stereocenters. The molecule has 0 N–H and O–H groups in total.